The summed E-state index contributed by atoms with van der Waals surface area (Å²) in [7, 11) is 1.84. The van der Waals surface area contributed by atoms with Crippen molar-refractivity contribution in [2.45, 2.75) is 12.8 Å². The first kappa shape index (κ1) is 8.85. The molecule has 0 unspecified atom stereocenters. The summed E-state index contributed by atoms with van der Waals surface area (Å²) in [6.45, 7) is 0.957. The molecule has 0 saturated carbocycles. The molecule has 1 saturated heterocycles. The first-order valence-electron chi connectivity index (χ1n) is 3.00. The molecule has 0 radical (unpaired) electrons. The van der Waals surface area contributed by atoms with Gasteiger partial charge in [-0.05, 0) is 6.42 Å². The molecule has 0 aromatic rings. The lowest BCUT2D eigenvalue weighted by Gasteiger charge is -2.03. The Labute approximate surface area is 59.3 Å². The van der Waals surface area contributed by atoms with Crippen molar-refractivity contribution < 1.29 is 9.59 Å². The van der Waals surface area contributed by atoms with Crippen LogP contribution in [0.2, 0.25) is 0 Å². The van der Waals surface area contributed by atoms with Gasteiger partial charge in [0.15, 0.2) is 0 Å². The molecule has 1 rings (SSSR count). The van der Waals surface area contributed by atoms with Crippen molar-refractivity contribution in [1.82, 2.24) is 4.90 Å². The van der Waals surface area contributed by atoms with Crippen LogP contribution < -0.4 is 0 Å². The van der Waals surface area contributed by atoms with E-state index in [1.807, 2.05) is 7.05 Å². The van der Waals surface area contributed by atoms with E-state index in [-0.39, 0.29) is 0 Å². The molecule has 0 aliphatic carbocycles. The maximum Gasteiger partial charge on any atom is 0.231 e. The molecule has 1 fully saturated rings. The highest BCUT2D eigenvalue weighted by atomic mass is 16.2. The van der Waals surface area contributed by atoms with Gasteiger partial charge < -0.3 is 4.90 Å². The highest BCUT2D eigenvalue weighted by Gasteiger charge is 2.14. The van der Waals surface area contributed by atoms with Gasteiger partial charge in [0, 0.05) is 20.0 Å². The van der Waals surface area contributed by atoms with Crippen molar-refractivity contribution >= 4 is 12.0 Å². The van der Waals surface area contributed by atoms with E-state index in [1.165, 1.54) is 0 Å². The molecule has 4 nitrogen and oxygen atoms in total. The minimum atomic E-state index is 0.292. The third-order valence-electron chi connectivity index (χ3n) is 1.31. The van der Waals surface area contributed by atoms with Crippen LogP contribution >= 0.6 is 0 Å². The van der Waals surface area contributed by atoms with E-state index in [0.29, 0.717) is 5.91 Å². The average molecular weight is 142 g/mol. The third-order valence-corrected chi connectivity index (χ3v) is 1.31. The summed E-state index contributed by atoms with van der Waals surface area (Å²) in [5, 5.41) is 5.40. The smallest absolute Gasteiger partial charge is 0.231 e. The van der Waals surface area contributed by atoms with E-state index in [1.54, 1.807) is 4.90 Å². The van der Waals surface area contributed by atoms with Crippen LogP contribution in [-0.2, 0) is 9.59 Å². The number of carbonyl (C=O) groups excluding carboxylic acids is 2. The summed E-state index contributed by atoms with van der Waals surface area (Å²) in [6.07, 6.45) is 2.56. The Morgan fingerprint density at radius 2 is 2.20 bits per heavy atom. The number of amides is 1. The van der Waals surface area contributed by atoms with Gasteiger partial charge in [0.1, 0.15) is 0 Å². The molecule has 0 aromatic heterocycles. The molecule has 10 heavy (non-hydrogen) atoms. The molecule has 1 N–H and O–H groups in total. The van der Waals surface area contributed by atoms with E-state index in [2.05, 4.69) is 0 Å². The normalized spacial score (nSPS) is 15.7. The molecule has 0 bridgehead atoms. The number of isocyanates is 1. The Morgan fingerprint density at radius 1 is 1.70 bits per heavy atom. The predicted molar refractivity (Wildman–Crippen MR) is 35.3 cm³/mol. The van der Waals surface area contributed by atoms with E-state index in [9.17, 15) is 4.79 Å². The van der Waals surface area contributed by atoms with E-state index < -0.39 is 0 Å². The molecular formula is C6H10N2O2. The van der Waals surface area contributed by atoms with Crippen LogP contribution in [0.3, 0.4) is 0 Å². The van der Waals surface area contributed by atoms with Crippen LogP contribution in [0, 0.1) is 5.41 Å². The van der Waals surface area contributed by atoms with Crippen molar-refractivity contribution in [2.75, 3.05) is 13.6 Å². The molecule has 0 spiro atoms. The molecule has 4 heteroatoms. The van der Waals surface area contributed by atoms with E-state index >= 15 is 0 Å². The van der Waals surface area contributed by atoms with Gasteiger partial charge in [0.2, 0.25) is 12.0 Å². The quantitative estimate of drug-likeness (QED) is 0.386. The van der Waals surface area contributed by atoms with Gasteiger partial charge >= 0.3 is 0 Å². The van der Waals surface area contributed by atoms with E-state index in [4.69, 9.17) is 10.2 Å². The second-order valence-electron chi connectivity index (χ2n) is 2.02. The van der Waals surface area contributed by atoms with Gasteiger partial charge in [-0.3, -0.25) is 4.79 Å². The third kappa shape index (κ3) is 2.99. The van der Waals surface area contributed by atoms with Crippen molar-refractivity contribution in [2.24, 2.45) is 0 Å². The zero-order valence-corrected chi connectivity index (χ0v) is 5.89. The number of rotatable bonds is 0. The van der Waals surface area contributed by atoms with Crippen molar-refractivity contribution in [3.8, 4) is 0 Å². The Morgan fingerprint density at radius 3 is 2.30 bits per heavy atom. The fourth-order valence-electron chi connectivity index (χ4n) is 0.783. The number of nitrogens with one attached hydrogen (secondary N) is 1. The highest BCUT2D eigenvalue weighted by molar-refractivity contribution is 5.77. The lowest BCUT2D eigenvalue weighted by atomic mass is 10.4. The maximum absolute atomic E-state index is 10.5. The topological polar surface area (TPSA) is 61.2 Å². The zero-order chi connectivity index (χ0) is 7.98. The minimum Gasteiger partial charge on any atom is -0.346 e. The fourth-order valence-corrected chi connectivity index (χ4v) is 0.783. The molecule has 56 valence electrons. The van der Waals surface area contributed by atoms with Crippen LogP contribution in [0.25, 0.3) is 0 Å². The Balaban J connectivity index is 0.000000236. The lowest BCUT2D eigenvalue weighted by molar-refractivity contribution is -0.126. The summed E-state index contributed by atoms with van der Waals surface area (Å²) >= 11 is 0. The number of nitrogens with zero attached hydrogens (tertiary/aromatic N) is 1. The maximum atomic E-state index is 10.5. The Hall–Kier alpha value is -1.15. The standard InChI is InChI=1S/C5H9NO.CHNO/c1-6-4-2-3-5(6)7;2-1-3/h2-4H2,1H3;2H. The van der Waals surface area contributed by atoms with Crippen molar-refractivity contribution in [3.05, 3.63) is 0 Å². The van der Waals surface area contributed by atoms with Crippen molar-refractivity contribution in [3.63, 3.8) is 0 Å². The summed E-state index contributed by atoms with van der Waals surface area (Å²) in [4.78, 5) is 20.6. The highest BCUT2D eigenvalue weighted by Crippen LogP contribution is 2.04. The second kappa shape index (κ2) is 4.70. The molecular weight excluding hydrogens is 132 g/mol. The lowest BCUT2D eigenvalue weighted by Crippen LogP contribution is -2.17. The van der Waals surface area contributed by atoms with Crippen LogP contribution in [0.4, 0.5) is 0 Å². The van der Waals surface area contributed by atoms with E-state index in [0.717, 1.165) is 25.5 Å². The Bertz CT molecular complexity index is 150. The van der Waals surface area contributed by atoms with Gasteiger partial charge in [-0.25, -0.2) is 10.2 Å². The number of carbonyl (C=O) groups is 1. The van der Waals surface area contributed by atoms with Gasteiger partial charge in [-0.2, -0.15) is 0 Å². The first-order valence-corrected chi connectivity index (χ1v) is 3.00. The zero-order valence-electron chi connectivity index (χ0n) is 5.89. The largest absolute Gasteiger partial charge is 0.346 e. The van der Waals surface area contributed by atoms with Crippen LogP contribution in [0.5, 0.6) is 0 Å². The van der Waals surface area contributed by atoms with Crippen LogP contribution in [0.15, 0.2) is 0 Å². The molecule has 0 atom stereocenters. The monoisotopic (exact) mass is 142 g/mol. The van der Waals surface area contributed by atoms with Gasteiger partial charge in [-0.1, -0.05) is 0 Å². The summed E-state index contributed by atoms with van der Waals surface area (Å²) in [6, 6.07) is 0. The number of hydrogen-bond donors (Lipinski definition) is 1. The van der Waals surface area contributed by atoms with Crippen molar-refractivity contribution in [1.29, 1.82) is 5.41 Å². The first-order chi connectivity index (χ1) is 4.72. The molecule has 1 heterocycles. The Kier molecular flexibility index (Phi) is 4.16. The fraction of sp³-hybridized carbons (Fsp3) is 0.667. The molecule has 0 aromatic carbocycles. The second-order valence-corrected chi connectivity index (χ2v) is 2.02. The molecule has 1 aliphatic heterocycles. The van der Waals surface area contributed by atoms with Crippen LogP contribution in [0.1, 0.15) is 12.8 Å². The number of likely N-dealkylation sites (tertiary alicyclic amines) is 1. The SMILES string of the molecule is CN1CCCC1=O.N=C=O. The average Bonchev–Trinajstić information content (AvgIpc) is 2.19. The van der Waals surface area contributed by atoms with Crippen LogP contribution in [-0.4, -0.2) is 30.5 Å². The van der Waals surface area contributed by atoms with Gasteiger partial charge in [0.05, 0.1) is 0 Å². The van der Waals surface area contributed by atoms with Gasteiger partial charge in [-0.15, -0.1) is 0 Å². The summed E-state index contributed by atoms with van der Waals surface area (Å²) in [5.41, 5.74) is 0. The summed E-state index contributed by atoms with van der Waals surface area (Å²) < 4.78 is 0. The minimum absolute atomic E-state index is 0.292. The number of hydrogen-bond acceptors (Lipinski definition) is 3. The predicted octanol–water partition coefficient (Wildman–Crippen LogP) is 0.140. The molecule has 1 amide bonds. The van der Waals surface area contributed by atoms with Gasteiger partial charge in [0.25, 0.3) is 0 Å². The molecule has 1 aliphatic rings. The summed E-state index contributed by atoms with van der Waals surface area (Å²) in [5.74, 6) is 0.292.